The molecule has 0 fully saturated rings. The fourth-order valence-electron chi connectivity index (χ4n) is 2.35. The first kappa shape index (κ1) is 16.6. The van der Waals surface area contributed by atoms with E-state index in [-0.39, 0.29) is 11.9 Å². The first-order valence-corrected chi connectivity index (χ1v) is 8.73. The smallest absolute Gasteiger partial charge is 0.124 e. The van der Waals surface area contributed by atoms with Crippen LogP contribution in [-0.4, -0.2) is 11.5 Å². The summed E-state index contributed by atoms with van der Waals surface area (Å²) in [5.41, 5.74) is 2.19. The zero-order chi connectivity index (χ0) is 15.4. The molecule has 0 spiro atoms. The largest absolute Gasteiger partial charge is 0.309 e. The summed E-state index contributed by atoms with van der Waals surface area (Å²) in [6.07, 6.45) is 1.90. The van der Waals surface area contributed by atoms with Gasteiger partial charge in [0, 0.05) is 15.4 Å². The first-order valence-electron chi connectivity index (χ1n) is 7.12. The number of thiazole rings is 1. The molecule has 0 saturated heterocycles. The van der Waals surface area contributed by atoms with Crippen molar-refractivity contribution in [2.45, 2.75) is 39.7 Å². The van der Waals surface area contributed by atoms with Crippen LogP contribution in [0, 0.1) is 19.7 Å². The van der Waals surface area contributed by atoms with Gasteiger partial charge >= 0.3 is 0 Å². The van der Waals surface area contributed by atoms with E-state index in [0.717, 1.165) is 40.1 Å². The lowest BCUT2D eigenvalue weighted by Crippen LogP contribution is -2.24. The molecule has 0 aliphatic heterocycles. The van der Waals surface area contributed by atoms with Crippen molar-refractivity contribution in [2.24, 2.45) is 0 Å². The molecule has 1 aromatic carbocycles. The summed E-state index contributed by atoms with van der Waals surface area (Å²) in [6.45, 7) is 7.20. The van der Waals surface area contributed by atoms with E-state index in [1.165, 1.54) is 17.0 Å². The molecule has 0 aliphatic carbocycles. The summed E-state index contributed by atoms with van der Waals surface area (Å²) in [5, 5.41) is 4.67. The zero-order valence-electron chi connectivity index (χ0n) is 12.5. The van der Waals surface area contributed by atoms with Gasteiger partial charge in [0.2, 0.25) is 0 Å². The highest BCUT2D eigenvalue weighted by Crippen LogP contribution is 2.30. The summed E-state index contributed by atoms with van der Waals surface area (Å²) in [7, 11) is 0. The minimum absolute atomic E-state index is 0.214. The molecule has 114 valence electrons. The van der Waals surface area contributed by atoms with Crippen LogP contribution in [0.3, 0.4) is 0 Å². The van der Waals surface area contributed by atoms with Crippen LogP contribution in [0.25, 0.3) is 0 Å². The molecule has 1 atom stereocenters. The van der Waals surface area contributed by atoms with E-state index >= 15 is 0 Å². The van der Waals surface area contributed by atoms with E-state index in [2.05, 4.69) is 40.1 Å². The van der Waals surface area contributed by atoms with Crippen LogP contribution >= 0.6 is 27.3 Å². The van der Waals surface area contributed by atoms with E-state index in [9.17, 15) is 4.39 Å². The van der Waals surface area contributed by atoms with Gasteiger partial charge < -0.3 is 5.32 Å². The molecular weight excluding hydrogens is 351 g/mol. The Labute approximate surface area is 137 Å². The van der Waals surface area contributed by atoms with Crippen LogP contribution < -0.4 is 5.32 Å². The van der Waals surface area contributed by atoms with Gasteiger partial charge in [-0.3, -0.25) is 0 Å². The normalized spacial score (nSPS) is 12.6. The van der Waals surface area contributed by atoms with E-state index in [4.69, 9.17) is 0 Å². The minimum atomic E-state index is -0.214. The predicted molar refractivity (Wildman–Crippen MR) is 90.4 cm³/mol. The van der Waals surface area contributed by atoms with Gasteiger partial charge in [-0.05, 0) is 50.9 Å². The van der Waals surface area contributed by atoms with Gasteiger partial charge in [-0.2, -0.15) is 0 Å². The number of rotatable bonds is 6. The second-order valence-corrected chi connectivity index (χ2v) is 7.22. The quantitative estimate of drug-likeness (QED) is 0.778. The number of aryl methyl sites for hydroxylation is 2. The monoisotopic (exact) mass is 370 g/mol. The van der Waals surface area contributed by atoms with Gasteiger partial charge in [-0.25, -0.2) is 9.37 Å². The molecule has 0 amide bonds. The summed E-state index contributed by atoms with van der Waals surface area (Å²) in [5.74, 6) is -0.214. The zero-order valence-corrected chi connectivity index (χ0v) is 14.9. The molecule has 1 N–H and O–H groups in total. The Morgan fingerprint density at radius 2 is 2.14 bits per heavy atom. The molecular formula is C16H20BrFN2S. The van der Waals surface area contributed by atoms with Crippen molar-refractivity contribution in [3.05, 3.63) is 49.6 Å². The summed E-state index contributed by atoms with van der Waals surface area (Å²) < 4.78 is 14.0. The number of hydrogen-bond acceptors (Lipinski definition) is 3. The fourth-order valence-corrected chi connectivity index (χ4v) is 3.87. The Hall–Kier alpha value is -0.780. The molecule has 1 aromatic heterocycles. The van der Waals surface area contributed by atoms with Gasteiger partial charge in [0.1, 0.15) is 5.82 Å². The standard InChI is InChI=1S/C16H20BrFN2S/c1-4-7-19-15(16-10(2)20-11(3)21-16)8-12-5-6-13(18)9-14(12)17/h5-6,9,15,19H,4,7-8H2,1-3H3. The Bertz CT molecular complexity index is 612. The van der Waals surface area contributed by atoms with Crippen molar-refractivity contribution in [1.29, 1.82) is 0 Å². The Morgan fingerprint density at radius 3 is 2.71 bits per heavy atom. The van der Waals surface area contributed by atoms with Crippen molar-refractivity contribution < 1.29 is 4.39 Å². The third-order valence-corrected chi connectivity index (χ3v) is 5.26. The van der Waals surface area contributed by atoms with E-state index in [0.29, 0.717) is 0 Å². The predicted octanol–water partition coefficient (Wildman–Crippen LogP) is 4.94. The number of hydrogen-bond donors (Lipinski definition) is 1. The van der Waals surface area contributed by atoms with Crippen LogP contribution in [0.4, 0.5) is 4.39 Å². The fraction of sp³-hybridized carbons (Fsp3) is 0.438. The Morgan fingerprint density at radius 1 is 1.38 bits per heavy atom. The molecule has 1 unspecified atom stereocenters. The van der Waals surface area contributed by atoms with Crippen LogP contribution in [0.15, 0.2) is 22.7 Å². The van der Waals surface area contributed by atoms with E-state index < -0.39 is 0 Å². The van der Waals surface area contributed by atoms with E-state index in [1.54, 1.807) is 11.3 Å². The van der Waals surface area contributed by atoms with Gasteiger partial charge in [-0.15, -0.1) is 11.3 Å². The Balaban J connectivity index is 2.26. The molecule has 0 aliphatic rings. The molecule has 21 heavy (non-hydrogen) atoms. The number of nitrogens with one attached hydrogen (secondary N) is 1. The summed E-state index contributed by atoms with van der Waals surface area (Å²) in [4.78, 5) is 5.80. The van der Waals surface area contributed by atoms with Crippen molar-refractivity contribution in [2.75, 3.05) is 6.54 Å². The first-order chi connectivity index (χ1) is 10.0. The van der Waals surface area contributed by atoms with Gasteiger partial charge in [0.05, 0.1) is 10.7 Å². The number of nitrogens with zero attached hydrogens (tertiary/aromatic N) is 1. The van der Waals surface area contributed by atoms with Gasteiger partial charge in [0.15, 0.2) is 0 Å². The van der Waals surface area contributed by atoms with Crippen molar-refractivity contribution in [3.8, 4) is 0 Å². The van der Waals surface area contributed by atoms with Crippen LogP contribution in [0.1, 0.15) is 40.5 Å². The minimum Gasteiger partial charge on any atom is -0.309 e. The summed E-state index contributed by atoms with van der Waals surface area (Å²) >= 11 is 5.20. The van der Waals surface area contributed by atoms with Gasteiger partial charge in [-0.1, -0.05) is 28.9 Å². The number of aromatic nitrogens is 1. The molecule has 1 heterocycles. The number of benzene rings is 1. The maximum absolute atomic E-state index is 13.2. The van der Waals surface area contributed by atoms with Crippen LogP contribution in [-0.2, 0) is 6.42 Å². The lowest BCUT2D eigenvalue weighted by molar-refractivity contribution is 0.532. The molecule has 5 heteroatoms. The van der Waals surface area contributed by atoms with Crippen LogP contribution in [0.5, 0.6) is 0 Å². The Kier molecular flexibility index (Phi) is 5.90. The third-order valence-electron chi connectivity index (χ3n) is 3.34. The topological polar surface area (TPSA) is 24.9 Å². The third kappa shape index (κ3) is 4.34. The average Bonchev–Trinajstić information content (AvgIpc) is 2.76. The molecule has 0 saturated carbocycles. The lowest BCUT2D eigenvalue weighted by atomic mass is 10.0. The highest BCUT2D eigenvalue weighted by atomic mass is 79.9. The van der Waals surface area contributed by atoms with Gasteiger partial charge in [0.25, 0.3) is 0 Å². The second-order valence-electron chi connectivity index (χ2n) is 5.13. The van der Waals surface area contributed by atoms with Crippen molar-refractivity contribution in [3.63, 3.8) is 0 Å². The maximum atomic E-state index is 13.2. The van der Waals surface area contributed by atoms with Crippen molar-refractivity contribution >= 4 is 27.3 Å². The maximum Gasteiger partial charge on any atom is 0.124 e. The average molecular weight is 371 g/mol. The molecule has 2 aromatic rings. The SMILES string of the molecule is CCCNC(Cc1ccc(F)cc1Br)c1sc(C)nc1C. The van der Waals surface area contributed by atoms with Crippen LogP contribution in [0.2, 0.25) is 0 Å². The number of halogens is 2. The molecule has 2 nitrogen and oxygen atoms in total. The lowest BCUT2D eigenvalue weighted by Gasteiger charge is -2.18. The molecule has 0 bridgehead atoms. The second kappa shape index (κ2) is 7.47. The van der Waals surface area contributed by atoms with Crippen molar-refractivity contribution in [1.82, 2.24) is 10.3 Å². The molecule has 2 rings (SSSR count). The van der Waals surface area contributed by atoms with E-state index in [1.807, 2.05) is 13.0 Å². The summed E-state index contributed by atoms with van der Waals surface area (Å²) in [6, 6.07) is 5.11. The highest BCUT2D eigenvalue weighted by molar-refractivity contribution is 9.10. The highest BCUT2D eigenvalue weighted by Gasteiger charge is 2.18. The molecule has 0 radical (unpaired) electrons.